The Morgan fingerprint density at radius 3 is 2.73 bits per heavy atom. The average Bonchev–Trinajstić information content (AvgIpc) is 3.03. The van der Waals surface area contributed by atoms with E-state index in [1.165, 1.54) is 12.7 Å². The lowest BCUT2D eigenvalue weighted by Crippen LogP contribution is -2.15. The first kappa shape index (κ1) is 17.7. The number of fused-ring (bicyclic) bond motifs is 1. The molecule has 0 atom stereocenters. The number of benzene rings is 2. The summed E-state index contributed by atoms with van der Waals surface area (Å²) in [6, 6.07) is 11.3. The summed E-state index contributed by atoms with van der Waals surface area (Å²) in [6.07, 6.45) is 2.09. The second-order valence-electron chi connectivity index (χ2n) is 6.25. The number of rotatable bonds is 5. The van der Waals surface area contributed by atoms with E-state index in [1.807, 2.05) is 36.9 Å². The molecule has 26 heavy (non-hydrogen) atoms. The minimum absolute atomic E-state index is 0.138. The summed E-state index contributed by atoms with van der Waals surface area (Å²) in [4.78, 5) is 24.0. The van der Waals surface area contributed by atoms with Gasteiger partial charge in [0.1, 0.15) is 0 Å². The predicted octanol–water partition coefficient (Wildman–Crippen LogP) is 3.47. The molecule has 1 N–H and O–H groups in total. The van der Waals surface area contributed by atoms with Crippen molar-refractivity contribution in [3.8, 4) is 0 Å². The normalized spacial score (nSPS) is 10.7. The Morgan fingerprint density at radius 1 is 1.15 bits per heavy atom. The van der Waals surface area contributed by atoms with Gasteiger partial charge in [-0.15, -0.1) is 0 Å². The Balaban J connectivity index is 1.66. The molecule has 0 saturated heterocycles. The fourth-order valence-corrected chi connectivity index (χ4v) is 2.85. The summed E-state index contributed by atoms with van der Waals surface area (Å²) in [5.74, 6) is -0.558. The molecule has 0 aliphatic carbocycles. The van der Waals surface area contributed by atoms with E-state index in [2.05, 4.69) is 16.5 Å². The number of aryl methyl sites for hydroxylation is 3. The van der Waals surface area contributed by atoms with Gasteiger partial charge in [0.05, 0.1) is 30.9 Å². The molecule has 3 rings (SSSR count). The molecule has 1 amide bonds. The summed E-state index contributed by atoms with van der Waals surface area (Å²) in [5.41, 5.74) is 4.00. The van der Waals surface area contributed by atoms with Crippen molar-refractivity contribution in [2.75, 3.05) is 12.4 Å². The molecule has 6 nitrogen and oxygen atoms in total. The number of nitrogens with one attached hydrogen (secondary N) is 1. The van der Waals surface area contributed by atoms with Gasteiger partial charge in [-0.2, -0.15) is 5.10 Å². The minimum Gasteiger partial charge on any atom is -0.465 e. The van der Waals surface area contributed by atoms with Gasteiger partial charge >= 0.3 is 5.97 Å². The van der Waals surface area contributed by atoms with E-state index in [-0.39, 0.29) is 12.3 Å². The Labute approximate surface area is 151 Å². The van der Waals surface area contributed by atoms with E-state index in [0.29, 0.717) is 17.8 Å². The lowest BCUT2D eigenvalue weighted by atomic mass is 10.1. The Bertz CT molecular complexity index is 976. The second kappa shape index (κ2) is 7.39. The van der Waals surface area contributed by atoms with Crippen LogP contribution in [0.1, 0.15) is 27.9 Å². The third-order valence-electron chi connectivity index (χ3n) is 4.27. The monoisotopic (exact) mass is 351 g/mol. The van der Waals surface area contributed by atoms with Gasteiger partial charge in [0.15, 0.2) is 0 Å². The Kier molecular flexibility index (Phi) is 5.02. The van der Waals surface area contributed by atoms with Crippen molar-refractivity contribution >= 4 is 28.5 Å². The lowest BCUT2D eigenvalue weighted by Gasteiger charge is -2.09. The van der Waals surface area contributed by atoms with Crippen molar-refractivity contribution < 1.29 is 14.3 Å². The number of aromatic nitrogens is 2. The van der Waals surface area contributed by atoms with Crippen LogP contribution >= 0.6 is 0 Å². The van der Waals surface area contributed by atoms with Crippen molar-refractivity contribution in [3.63, 3.8) is 0 Å². The van der Waals surface area contributed by atoms with Gasteiger partial charge in [0.25, 0.3) is 0 Å². The van der Waals surface area contributed by atoms with Crippen LogP contribution in [0.25, 0.3) is 10.9 Å². The highest BCUT2D eigenvalue weighted by Gasteiger charge is 2.12. The van der Waals surface area contributed by atoms with Crippen LogP contribution in [0.2, 0.25) is 0 Å². The molecule has 0 aliphatic heterocycles. The SMILES string of the molecule is COC(=O)c1cc(NC(=O)CCn2ncc3cc(C)ccc32)ccc1C. The van der Waals surface area contributed by atoms with Crippen LogP contribution in [-0.4, -0.2) is 28.8 Å². The molecule has 1 heterocycles. The third kappa shape index (κ3) is 3.74. The molecule has 3 aromatic rings. The van der Waals surface area contributed by atoms with E-state index in [9.17, 15) is 9.59 Å². The highest BCUT2D eigenvalue weighted by Crippen LogP contribution is 2.18. The Morgan fingerprint density at radius 2 is 1.96 bits per heavy atom. The van der Waals surface area contributed by atoms with E-state index < -0.39 is 5.97 Å². The fraction of sp³-hybridized carbons (Fsp3) is 0.250. The van der Waals surface area contributed by atoms with Crippen LogP contribution in [0.15, 0.2) is 42.6 Å². The van der Waals surface area contributed by atoms with Crippen molar-refractivity contribution in [3.05, 3.63) is 59.3 Å². The zero-order valence-corrected chi connectivity index (χ0v) is 15.1. The number of nitrogens with zero attached hydrogens (tertiary/aromatic N) is 2. The number of esters is 1. The van der Waals surface area contributed by atoms with Crippen molar-refractivity contribution in [2.45, 2.75) is 26.8 Å². The molecule has 6 heteroatoms. The number of methoxy groups -OCH3 is 1. The number of ether oxygens (including phenoxy) is 1. The van der Waals surface area contributed by atoms with Gasteiger partial charge in [0, 0.05) is 17.5 Å². The van der Waals surface area contributed by atoms with E-state index in [1.54, 1.807) is 18.2 Å². The number of hydrogen-bond donors (Lipinski definition) is 1. The zero-order valence-electron chi connectivity index (χ0n) is 15.1. The van der Waals surface area contributed by atoms with Gasteiger partial charge in [-0.3, -0.25) is 9.48 Å². The number of carbonyl (C=O) groups excluding carboxylic acids is 2. The summed E-state index contributed by atoms with van der Waals surface area (Å²) < 4.78 is 6.58. The average molecular weight is 351 g/mol. The Hall–Kier alpha value is -3.15. The van der Waals surface area contributed by atoms with Crippen LogP contribution in [0.5, 0.6) is 0 Å². The molecule has 0 spiro atoms. The summed E-state index contributed by atoms with van der Waals surface area (Å²) in [6.45, 7) is 4.34. The minimum atomic E-state index is -0.420. The first-order chi connectivity index (χ1) is 12.5. The molecule has 0 saturated carbocycles. The quantitative estimate of drug-likeness (QED) is 0.715. The molecule has 0 aliphatic rings. The standard InChI is InChI=1S/C20H21N3O3/c1-13-4-7-18-15(10-13)12-21-23(18)9-8-19(24)22-16-6-5-14(2)17(11-16)20(25)26-3/h4-7,10-12H,8-9H2,1-3H3,(H,22,24). The molecule has 0 fully saturated rings. The number of anilines is 1. The maximum atomic E-state index is 12.3. The molecule has 0 bridgehead atoms. The maximum absolute atomic E-state index is 12.3. The second-order valence-corrected chi connectivity index (χ2v) is 6.25. The molecule has 0 radical (unpaired) electrons. The van der Waals surface area contributed by atoms with Crippen molar-refractivity contribution in [2.24, 2.45) is 0 Å². The van der Waals surface area contributed by atoms with Gasteiger partial charge in [-0.1, -0.05) is 17.7 Å². The molecular formula is C20H21N3O3. The van der Waals surface area contributed by atoms with E-state index >= 15 is 0 Å². The third-order valence-corrected chi connectivity index (χ3v) is 4.27. The smallest absolute Gasteiger partial charge is 0.338 e. The molecular weight excluding hydrogens is 330 g/mol. The van der Waals surface area contributed by atoms with E-state index in [0.717, 1.165) is 16.5 Å². The summed E-state index contributed by atoms with van der Waals surface area (Å²) in [5, 5.41) is 8.23. The largest absolute Gasteiger partial charge is 0.465 e. The first-order valence-electron chi connectivity index (χ1n) is 8.39. The maximum Gasteiger partial charge on any atom is 0.338 e. The highest BCUT2D eigenvalue weighted by molar-refractivity contribution is 5.95. The molecule has 134 valence electrons. The topological polar surface area (TPSA) is 73.2 Å². The zero-order chi connectivity index (χ0) is 18.7. The predicted molar refractivity (Wildman–Crippen MR) is 100 cm³/mol. The van der Waals surface area contributed by atoms with Crippen LogP contribution in [-0.2, 0) is 16.1 Å². The van der Waals surface area contributed by atoms with Crippen molar-refractivity contribution in [1.82, 2.24) is 9.78 Å². The van der Waals surface area contributed by atoms with Gasteiger partial charge in [0.2, 0.25) is 5.91 Å². The summed E-state index contributed by atoms with van der Waals surface area (Å²) >= 11 is 0. The van der Waals surface area contributed by atoms with E-state index in [4.69, 9.17) is 4.74 Å². The lowest BCUT2D eigenvalue weighted by molar-refractivity contribution is -0.116. The number of carbonyl (C=O) groups is 2. The number of amides is 1. The molecule has 0 unspecified atom stereocenters. The van der Waals surface area contributed by atoms with Crippen LogP contribution in [0.3, 0.4) is 0 Å². The van der Waals surface area contributed by atoms with Gasteiger partial charge in [-0.25, -0.2) is 4.79 Å². The first-order valence-corrected chi connectivity index (χ1v) is 8.39. The number of hydrogen-bond acceptors (Lipinski definition) is 4. The van der Waals surface area contributed by atoms with Crippen molar-refractivity contribution in [1.29, 1.82) is 0 Å². The molecule has 1 aromatic heterocycles. The summed E-state index contributed by atoms with van der Waals surface area (Å²) in [7, 11) is 1.34. The van der Waals surface area contributed by atoms with Crippen LogP contribution in [0.4, 0.5) is 5.69 Å². The van der Waals surface area contributed by atoms with Crippen LogP contribution < -0.4 is 5.32 Å². The fourth-order valence-electron chi connectivity index (χ4n) is 2.85. The molecule has 2 aromatic carbocycles. The van der Waals surface area contributed by atoms with Gasteiger partial charge < -0.3 is 10.1 Å². The highest BCUT2D eigenvalue weighted by atomic mass is 16.5. The van der Waals surface area contributed by atoms with Gasteiger partial charge in [-0.05, 0) is 43.7 Å². The van der Waals surface area contributed by atoms with Crippen LogP contribution in [0, 0.1) is 13.8 Å².